The van der Waals surface area contributed by atoms with E-state index in [0.29, 0.717) is 0 Å². The quantitative estimate of drug-likeness (QED) is 0.410. The summed E-state index contributed by atoms with van der Waals surface area (Å²) in [6.45, 7) is 8.22. The summed E-state index contributed by atoms with van der Waals surface area (Å²) in [6, 6.07) is 10.9. The van der Waals surface area contributed by atoms with Crippen molar-refractivity contribution in [1.82, 2.24) is 30.2 Å². The maximum Gasteiger partial charge on any atom is 0.191 e. The molecule has 1 aliphatic heterocycles. The Bertz CT molecular complexity index is 701. The standard InChI is InChI=1S/C21H33N7/c1-22-21(23-9-3-11-28-12-4-10-25-28)24-17-19-5-7-20(8-6-19)18-27-15-13-26(2)14-16-27/h4-8,10,12H,3,9,11,13-18H2,1-2H3,(H2,22,23,24). The third-order valence-corrected chi connectivity index (χ3v) is 5.12. The van der Waals surface area contributed by atoms with Crippen LogP contribution < -0.4 is 10.6 Å². The molecule has 0 atom stereocenters. The van der Waals surface area contributed by atoms with Crippen molar-refractivity contribution in [2.75, 3.05) is 46.8 Å². The topological polar surface area (TPSA) is 60.7 Å². The van der Waals surface area contributed by atoms with Gasteiger partial charge in [-0.2, -0.15) is 5.10 Å². The normalized spacial score (nSPS) is 16.3. The number of hydrogen-bond acceptors (Lipinski definition) is 4. The number of piperazine rings is 1. The van der Waals surface area contributed by atoms with Gasteiger partial charge in [0.25, 0.3) is 0 Å². The molecule has 0 radical (unpaired) electrons. The molecule has 2 N–H and O–H groups in total. The van der Waals surface area contributed by atoms with Crippen molar-refractivity contribution in [3.63, 3.8) is 0 Å². The predicted octanol–water partition coefficient (Wildman–Crippen LogP) is 1.39. The zero-order valence-electron chi connectivity index (χ0n) is 17.1. The summed E-state index contributed by atoms with van der Waals surface area (Å²) < 4.78 is 1.95. The molecule has 1 aliphatic rings. The lowest BCUT2D eigenvalue weighted by Crippen LogP contribution is -2.43. The molecule has 2 heterocycles. The van der Waals surface area contributed by atoms with E-state index in [0.717, 1.165) is 64.7 Å². The van der Waals surface area contributed by atoms with E-state index in [1.165, 1.54) is 11.1 Å². The van der Waals surface area contributed by atoms with Gasteiger partial charge < -0.3 is 15.5 Å². The number of rotatable bonds is 8. The molecule has 0 spiro atoms. The third kappa shape index (κ3) is 6.65. The van der Waals surface area contributed by atoms with Crippen molar-refractivity contribution >= 4 is 5.96 Å². The molecule has 0 saturated carbocycles. The van der Waals surface area contributed by atoms with Gasteiger partial charge in [-0.1, -0.05) is 24.3 Å². The predicted molar refractivity (Wildman–Crippen MR) is 114 cm³/mol. The Morgan fingerprint density at radius 2 is 1.82 bits per heavy atom. The molecule has 0 bridgehead atoms. The second kappa shape index (κ2) is 10.8. The molecule has 1 aromatic carbocycles. The van der Waals surface area contributed by atoms with Crippen LogP contribution in [0.25, 0.3) is 0 Å². The van der Waals surface area contributed by atoms with E-state index in [1.807, 2.05) is 30.2 Å². The van der Waals surface area contributed by atoms with Gasteiger partial charge in [0.05, 0.1) is 0 Å². The Hall–Kier alpha value is -2.38. The lowest BCUT2D eigenvalue weighted by Gasteiger charge is -2.32. The van der Waals surface area contributed by atoms with E-state index in [1.54, 1.807) is 0 Å². The molecule has 0 amide bonds. The van der Waals surface area contributed by atoms with E-state index in [9.17, 15) is 0 Å². The average molecular weight is 384 g/mol. The third-order valence-electron chi connectivity index (χ3n) is 5.12. The number of likely N-dealkylation sites (N-methyl/N-ethyl adjacent to an activating group) is 1. The van der Waals surface area contributed by atoms with Gasteiger partial charge in [0.15, 0.2) is 5.96 Å². The van der Waals surface area contributed by atoms with Gasteiger partial charge in [-0.05, 0) is 30.7 Å². The molecular formula is C21H33N7. The zero-order valence-corrected chi connectivity index (χ0v) is 17.1. The minimum absolute atomic E-state index is 0.771. The second-order valence-electron chi connectivity index (χ2n) is 7.37. The van der Waals surface area contributed by atoms with Gasteiger partial charge in [0, 0.05) is 71.8 Å². The van der Waals surface area contributed by atoms with Crippen LogP contribution >= 0.6 is 0 Å². The Balaban J connectivity index is 1.35. The van der Waals surface area contributed by atoms with E-state index in [2.05, 4.69) is 61.8 Å². The first-order valence-corrected chi connectivity index (χ1v) is 10.1. The molecule has 1 saturated heterocycles. The monoisotopic (exact) mass is 383 g/mol. The van der Waals surface area contributed by atoms with E-state index >= 15 is 0 Å². The lowest BCUT2D eigenvalue weighted by atomic mass is 10.1. The SMILES string of the molecule is CN=C(NCCCn1cccn1)NCc1ccc(CN2CCN(C)CC2)cc1. The molecule has 1 aromatic heterocycles. The molecular weight excluding hydrogens is 350 g/mol. The van der Waals surface area contributed by atoms with Crippen LogP contribution in [-0.2, 0) is 19.6 Å². The highest BCUT2D eigenvalue weighted by Crippen LogP contribution is 2.09. The molecule has 7 heteroatoms. The van der Waals surface area contributed by atoms with Crippen LogP contribution in [0.15, 0.2) is 47.7 Å². The van der Waals surface area contributed by atoms with Gasteiger partial charge >= 0.3 is 0 Å². The van der Waals surface area contributed by atoms with Gasteiger partial charge in [0.1, 0.15) is 0 Å². The molecule has 0 unspecified atom stereocenters. The highest BCUT2D eigenvalue weighted by atomic mass is 15.3. The van der Waals surface area contributed by atoms with E-state index in [4.69, 9.17) is 0 Å². The summed E-state index contributed by atoms with van der Waals surface area (Å²) >= 11 is 0. The molecule has 1 fully saturated rings. The van der Waals surface area contributed by atoms with Crippen LogP contribution in [0.4, 0.5) is 0 Å². The highest BCUT2D eigenvalue weighted by Gasteiger charge is 2.13. The van der Waals surface area contributed by atoms with Crippen LogP contribution in [0.3, 0.4) is 0 Å². The fourth-order valence-corrected chi connectivity index (χ4v) is 3.31. The Labute approximate surface area is 168 Å². The first kappa shape index (κ1) is 20.4. The van der Waals surface area contributed by atoms with Crippen LogP contribution in [0.2, 0.25) is 0 Å². The molecule has 2 aromatic rings. The minimum Gasteiger partial charge on any atom is -0.356 e. The number of nitrogens with zero attached hydrogens (tertiary/aromatic N) is 5. The van der Waals surface area contributed by atoms with Crippen molar-refractivity contribution in [2.24, 2.45) is 4.99 Å². The summed E-state index contributed by atoms with van der Waals surface area (Å²) in [5.41, 5.74) is 2.65. The first-order valence-electron chi connectivity index (χ1n) is 10.1. The first-order chi connectivity index (χ1) is 13.7. The van der Waals surface area contributed by atoms with Crippen molar-refractivity contribution in [3.8, 4) is 0 Å². The Kier molecular flexibility index (Phi) is 7.87. The summed E-state index contributed by atoms with van der Waals surface area (Å²) in [6.07, 6.45) is 4.80. The van der Waals surface area contributed by atoms with Gasteiger partial charge in [0.2, 0.25) is 0 Å². The number of nitrogens with one attached hydrogen (secondary N) is 2. The van der Waals surface area contributed by atoms with E-state index < -0.39 is 0 Å². The fraction of sp³-hybridized carbons (Fsp3) is 0.524. The van der Waals surface area contributed by atoms with Crippen LogP contribution in [0.5, 0.6) is 0 Å². The summed E-state index contributed by atoms with van der Waals surface area (Å²) in [5.74, 6) is 0.835. The average Bonchev–Trinajstić information content (AvgIpc) is 3.24. The number of hydrogen-bond donors (Lipinski definition) is 2. The molecule has 28 heavy (non-hydrogen) atoms. The minimum atomic E-state index is 0.771. The molecule has 7 nitrogen and oxygen atoms in total. The largest absolute Gasteiger partial charge is 0.356 e. The van der Waals surface area contributed by atoms with Crippen LogP contribution in [0.1, 0.15) is 17.5 Å². The number of aliphatic imine (C=N–C) groups is 1. The molecule has 0 aliphatic carbocycles. The number of benzene rings is 1. The smallest absolute Gasteiger partial charge is 0.191 e. The number of guanidine groups is 1. The van der Waals surface area contributed by atoms with Crippen molar-refractivity contribution in [1.29, 1.82) is 0 Å². The lowest BCUT2D eigenvalue weighted by molar-refractivity contribution is 0.148. The van der Waals surface area contributed by atoms with Crippen molar-refractivity contribution in [2.45, 2.75) is 26.1 Å². The highest BCUT2D eigenvalue weighted by molar-refractivity contribution is 5.79. The van der Waals surface area contributed by atoms with Crippen molar-refractivity contribution in [3.05, 3.63) is 53.9 Å². The van der Waals surface area contributed by atoms with Gasteiger partial charge in [-0.15, -0.1) is 0 Å². The Morgan fingerprint density at radius 1 is 1.07 bits per heavy atom. The second-order valence-corrected chi connectivity index (χ2v) is 7.37. The summed E-state index contributed by atoms with van der Waals surface area (Å²) in [4.78, 5) is 9.22. The molecule has 3 rings (SSSR count). The van der Waals surface area contributed by atoms with Gasteiger partial charge in [-0.25, -0.2) is 0 Å². The van der Waals surface area contributed by atoms with Crippen LogP contribution in [-0.4, -0.2) is 72.4 Å². The van der Waals surface area contributed by atoms with E-state index in [-0.39, 0.29) is 0 Å². The summed E-state index contributed by atoms with van der Waals surface area (Å²) in [7, 11) is 4.00. The molecule has 152 valence electrons. The van der Waals surface area contributed by atoms with Crippen LogP contribution in [0, 0.1) is 0 Å². The van der Waals surface area contributed by atoms with Crippen molar-refractivity contribution < 1.29 is 0 Å². The number of aromatic nitrogens is 2. The number of aryl methyl sites for hydroxylation is 1. The fourth-order valence-electron chi connectivity index (χ4n) is 3.31. The zero-order chi connectivity index (χ0) is 19.6. The van der Waals surface area contributed by atoms with Gasteiger partial charge in [-0.3, -0.25) is 14.6 Å². The maximum atomic E-state index is 4.30. The maximum absolute atomic E-state index is 4.30. The Morgan fingerprint density at radius 3 is 2.50 bits per heavy atom. The summed E-state index contributed by atoms with van der Waals surface area (Å²) in [5, 5.41) is 11.0.